The van der Waals surface area contributed by atoms with Gasteiger partial charge in [-0.2, -0.15) is 10.5 Å². The van der Waals surface area contributed by atoms with Crippen molar-refractivity contribution in [3.63, 3.8) is 0 Å². The Labute approximate surface area is 106 Å². The number of hydrogen-bond donors (Lipinski definition) is 0. The van der Waals surface area contributed by atoms with Crippen LogP contribution in [-0.4, -0.2) is 0 Å². The van der Waals surface area contributed by atoms with Crippen molar-refractivity contribution in [3.8, 4) is 12.1 Å². The van der Waals surface area contributed by atoms with Gasteiger partial charge in [-0.3, -0.25) is 0 Å². The van der Waals surface area contributed by atoms with Crippen molar-refractivity contribution < 1.29 is 0 Å². The van der Waals surface area contributed by atoms with Crippen LogP contribution in [0, 0.1) is 34.0 Å². The Kier molecular flexibility index (Phi) is 2.15. The lowest BCUT2D eigenvalue weighted by Crippen LogP contribution is -1.97. The number of nitrogens with zero attached hydrogens (tertiary/aromatic N) is 2. The molecular formula is C16H12N2. The molecule has 2 nitrogen and oxygen atoms in total. The average Bonchev–Trinajstić information content (AvgIpc) is 3.03. The lowest BCUT2D eigenvalue weighted by Gasteiger charge is -2.05. The molecule has 3 rings (SSSR count). The first kappa shape index (κ1) is 10.8. The third-order valence-corrected chi connectivity index (χ3v) is 4.13. The molecule has 1 aliphatic carbocycles. The lowest BCUT2D eigenvalue weighted by atomic mass is 9.96. The molecule has 86 valence electrons. The monoisotopic (exact) mass is 232 g/mol. The van der Waals surface area contributed by atoms with Crippen LogP contribution in [0.5, 0.6) is 0 Å². The van der Waals surface area contributed by atoms with E-state index < -0.39 is 5.41 Å². The molecule has 2 aromatic carbocycles. The molecule has 0 aromatic heterocycles. The number of rotatable bonds is 1. The van der Waals surface area contributed by atoms with E-state index in [9.17, 15) is 10.5 Å². The van der Waals surface area contributed by atoms with Gasteiger partial charge < -0.3 is 0 Å². The minimum absolute atomic E-state index is 0.0404. The molecule has 2 unspecified atom stereocenters. The van der Waals surface area contributed by atoms with Crippen molar-refractivity contribution in [1.29, 1.82) is 10.5 Å². The highest BCUT2D eigenvalue weighted by Gasteiger charge is 2.64. The van der Waals surface area contributed by atoms with Crippen LogP contribution in [0.25, 0.3) is 10.8 Å². The zero-order valence-corrected chi connectivity index (χ0v) is 10.1. The highest BCUT2D eigenvalue weighted by atomic mass is 14.6. The fourth-order valence-electron chi connectivity index (χ4n) is 2.97. The number of benzene rings is 2. The molecule has 18 heavy (non-hydrogen) atoms. The third-order valence-electron chi connectivity index (χ3n) is 4.13. The molecule has 0 amide bonds. The minimum atomic E-state index is -0.829. The molecule has 1 fully saturated rings. The molecule has 0 saturated heterocycles. The standard InChI is InChI=1S/C16H12N2/c1-11-15(16(11,9-17)10-18)14-8-4-6-12-5-2-3-7-13(12)14/h2-8,11,15H,1H3. The van der Waals surface area contributed by atoms with E-state index in [1.165, 1.54) is 5.39 Å². The maximum Gasteiger partial charge on any atom is 0.154 e. The van der Waals surface area contributed by atoms with Gasteiger partial charge in [0.15, 0.2) is 5.41 Å². The summed E-state index contributed by atoms with van der Waals surface area (Å²) in [5.41, 5.74) is 0.299. The highest BCUT2D eigenvalue weighted by Crippen LogP contribution is 2.64. The summed E-state index contributed by atoms with van der Waals surface area (Å²) in [4.78, 5) is 0. The zero-order chi connectivity index (χ0) is 12.8. The lowest BCUT2D eigenvalue weighted by molar-refractivity contribution is 0.774. The Morgan fingerprint density at radius 1 is 1.00 bits per heavy atom. The number of fused-ring (bicyclic) bond motifs is 1. The van der Waals surface area contributed by atoms with Crippen LogP contribution in [-0.2, 0) is 0 Å². The SMILES string of the molecule is CC1C(c2cccc3ccccc23)C1(C#N)C#N. The molecule has 0 N–H and O–H groups in total. The quantitative estimate of drug-likeness (QED) is 0.754. The van der Waals surface area contributed by atoms with Gasteiger partial charge in [-0.25, -0.2) is 0 Å². The minimum Gasteiger partial charge on any atom is -0.197 e. The summed E-state index contributed by atoms with van der Waals surface area (Å²) in [6.45, 7) is 1.98. The molecule has 0 aliphatic heterocycles. The smallest absolute Gasteiger partial charge is 0.154 e. The first-order valence-corrected chi connectivity index (χ1v) is 6.05. The van der Waals surface area contributed by atoms with Crippen LogP contribution in [0.2, 0.25) is 0 Å². The van der Waals surface area contributed by atoms with Crippen LogP contribution in [0.1, 0.15) is 18.4 Å². The predicted molar refractivity (Wildman–Crippen MR) is 69.5 cm³/mol. The van der Waals surface area contributed by atoms with E-state index >= 15 is 0 Å². The second kappa shape index (κ2) is 3.59. The van der Waals surface area contributed by atoms with E-state index in [1.807, 2.05) is 31.2 Å². The van der Waals surface area contributed by atoms with Crippen molar-refractivity contribution in [2.24, 2.45) is 11.3 Å². The Morgan fingerprint density at radius 2 is 1.67 bits per heavy atom. The van der Waals surface area contributed by atoms with E-state index in [0.717, 1.165) is 10.9 Å². The van der Waals surface area contributed by atoms with Crippen molar-refractivity contribution in [2.45, 2.75) is 12.8 Å². The summed E-state index contributed by atoms with van der Waals surface area (Å²) in [6.07, 6.45) is 0. The van der Waals surface area contributed by atoms with Crippen LogP contribution in [0.15, 0.2) is 42.5 Å². The van der Waals surface area contributed by atoms with E-state index in [1.54, 1.807) is 0 Å². The molecule has 1 aliphatic rings. The van der Waals surface area contributed by atoms with E-state index in [2.05, 4.69) is 30.3 Å². The van der Waals surface area contributed by atoms with Crippen molar-refractivity contribution in [3.05, 3.63) is 48.0 Å². The Hall–Kier alpha value is -2.32. The summed E-state index contributed by atoms with van der Waals surface area (Å²) in [6, 6.07) is 18.6. The van der Waals surface area contributed by atoms with E-state index in [-0.39, 0.29) is 11.8 Å². The Bertz CT molecular complexity index is 684. The third kappa shape index (κ3) is 1.21. The molecule has 0 heterocycles. The van der Waals surface area contributed by atoms with E-state index in [0.29, 0.717) is 0 Å². The molecule has 0 spiro atoms. The summed E-state index contributed by atoms with van der Waals surface area (Å²) in [7, 11) is 0. The van der Waals surface area contributed by atoms with Crippen molar-refractivity contribution in [2.75, 3.05) is 0 Å². The predicted octanol–water partition coefficient (Wildman–Crippen LogP) is 3.61. The summed E-state index contributed by atoms with van der Waals surface area (Å²) in [5, 5.41) is 20.8. The fourth-order valence-corrected chi connectivity index (χ4v) is 2.97. The van der Waals surface area contributed by atoms with Crippen LogP contribution in [0.4, 0.5) is 0 Å². The van der Waals surface area contributed by atoms with Gasteiger partial charge >= 0.3 is 0 Å². The average molecular weight is 232 g/mol. The van der Waals surface area contributed by atoms with Crippen molar-refractivity contribution in [1.82, 2.24) is 0 Å². The van der Waals surface area contributed by atoms with Gasteiger partial charge in [-0.15, -0.1) is 0 Å². The Morgan fingerprint density at radius 3 is 2.33 bits per heavy atom. The summed E-state index contributed by atoms with van der Waals surface area (Å²) < 4.78 is 0. The first-order chi connectivity index (χ1) is 8.74. The molecule has 0 radical (unpaired) electrons. The van der Waals surface area contributed by atoms with Crippen LogP contribution < -0.4 is 0 Å². The number of hydrogen-bond acceptors (Lipinski definition) is 2. The molecule has 2 heteroatoms. The largest absolute Gasteiger partial charge is 0.197 e. The number of nitriles is 2. The summed E-state index contributed by atoms with van der Waals surface area (Å²) in [5.74, 6) is 0.150. The molecule has 0 bridgehead atoms. The van der Waals surface area contributed by atoms with Gasteiger partial charge in [0, 0.05) is 5.92 Å². The molecule has 1 saturated carbocycles. The zero-order valence-electron chi connectivity index (χ0n) is 10.1. The van der Waals surface area contributed by atoms with Gasteiger partial charge in [0.25, 0.3) is 0 Å². The topological polar surface area (TPSA) is 47.6 Å². The maximum absolute atomic E-state index is 9.26. The van der Waals surface area contributed by atoms with Gasteiger partial charge in [0.05, 0.1) is 12.1 Å². The fraction of sp³-hybridized carbons (Fsp3) is 0.250. The molecule has 2 atom stereocenters. The van der Waals surface area contributed by atoms with Gasteiger partial charge in [-0.05, 0) is 22.3 Å². The highest BCUT2D eigenvalue weighted by molar-refractivity contribution is 5.87. The van der Waals surface area contributed by atoms with Crippen LogP contribution >= 0.6 is 0 Å². The van der Waals surface area contributed by atoms with Gasteiger partial charge in [0.2, 0.25) is 0 Å². The second-order valence-corrected chi connectivity index (χ2v) is 4.93. The second-order valence-electron chi connectivity index (χ2n) is 4.93. The normalized spacial score (nSPS) is 24.2. The molecule has 2 aromatic rings. The van der Waals surface area contributed by atoms with E-state index in [4.69, 9.17) is 0 Å². The van der Waals surface area contributed by atoms with Crippen molar-refractivity contribution >= 4 is 10.8 Å². The van der Waals surface area contributed by atoms with Gasteiger partial charge in [-0.1, -0.05) is 49.4 Å². The van der Waals surface area contributed by atoms with Crippen LogP contribution in [0.3, 0.4) is 0 Å². The first-order valence-electron chi connectivity index (χ1n) is 6.05. The molecular weight excluding hydrogens is 220 g/mol. The summed E-state index contributed by atoms with van der Waals surface area (Å²) >= 11 is 0. The maximum atomic E-state index is 9.26. The van der Waals surface area contributed by atoms with Gasteiger partial charge in [0.1, 0.15) is 0 Å². The Balaban J connectivity index is 2.19.